The van der Waals surface area contributed by atoms with Crippen LogP contribution in [0.3, 0.4) is 0 Å². The maximum Gasteiger partial charge on any atom is 0.338 e. The minimum Gasteiger partial charge on any atom is -0.457 e. The molecule has 0 aromatic heterocycles. The lowest BCUT2D eigenvalue weighted by Gasteiger charge is -2.46. The van der Waals surface area contributed by atoms with E-state index in [4.69, 9.17) is 9.47 Å². The normalized spacial score (nSPS) is 23.7. The van der Waals surface area contributed by atoms with E-state index in [1.807, 2.05) is 19.1 Å². The predicted molar refractivity (Wildman–Crippen MR) is 122 cm³/mol. The van der Waals surface area contributed by atoms with Gasteiger partial charge in [0.15, 0.2) is 0 Å². The molecule has 2 aromatic carbocycles. The van der Waals surface area contributed by atoms with E-state index >= 15 is 0 Å². The highest BCUT2D eigenvalue weighted by Gasteiger charge is 2.36. The molecule has 7 nitrogen and oxygen atoms in total. The number of aliphatic hydroxyl groups excluding tert-OH is 1. The molecule has 1 unspecified atom stereocenters. The van der Waals surface area contributed by atoms with E-state index in [2.05, 4.69) is 9.80 Å². The van der Waals surface area contributed by atoms with Gasteiger partial charge in [-0.15, -0.1) is 0 Å². The van der Waals surface area contributed by atoms with Gasteiger partial charge in [-0.2, -0.15) is 5.26 Å². The zero-order valence-corrected chi connectivity index (χ0v) is 19.4. The molecule has 5 rings (SSSR count). The molecule has 1 N–H and O–H groups in total. The number of halogens is 1. The topological polar surface area (TPSA) is 86.0 Å². The summed E-state index contributed by atoms with van der Waals surface area (Å²) < 4.78 is 25.2. The zero-order valence-electron chi connectivity index (χ0n) is 19.4. The number of nitrogens with zero attached hydrogens (tertiary/aromatic N) is 3. The number of ether oxygens (including phenoxy) is 2. The summed E-state index contributed by atoms with van der Waals surface area (Å²) in [6.07, 6.45) is -0.851. The minimum atomic E-state index is -0.656. The SMILES string of the molecule is Cc1c([C@@H]2CN3CCN(CC(O)c4ccc5c(c4C)COC5=O)C[C@H]3CO2)ccc(F)c1C#N. The molecule has 2 fully saturated rings. The molecule has 34 heavy (non-hydrogen) atoms. The van der Waals surface area contributed by atoms with Crippen LogP contribution in [-0.2, 0) is 16.1 Å². The molecule has 3 heterocycles. The van der Waals surface area contributed by atoms with Crippen molar-refractivity contribution < 1.29 is 23.8 Å². The molecule has 3 aliphatic rings. The first kappa shape index (κ1) is 22.9. The first-order valence-electron chi connectivity index (χ1n) is 11.6. The van der Waals surface area contributed by atoms with Gasteiger partial charge in [-0.1, -0.05) is 12.1 Å². The number of aliphatic hydroxyl groups is 1. The first-order valence-corrected chi connectivity index (χ1v) is 11.6. The van der Waals surface area contributed by atoms with Crippen molar-refractivity contribution in [1.29, 1.82) is 5.26 Å². The average molecular weight is 466 g/mol. The third-order valence-electron chi connectivity index (χ3n) is 7.49. The number of piperazine rings is 1. The Bertz CT molecular complexity index is 1180. The summed E-state index contributed by atoms with van der Waals surface area (Å²) >= 11 is 0. The van der Waals surface area contributed by atoms with E-state index in [-0.39, 0.29) is 30.3 Å². The van der Waals surface area contributed by atoms with Crippen molar-refractivity contribution in [2.45, 2.75) is 38.7 Å². The highest BCUT2D eigenvalue weighted by Crippen LogP contribution is 2.32. The molecular formula is C26H28FN3O4. The van der Waals surface area contributed by atoms with E-state index in [1.54, 1.807) is 19.1 Å². The summed E-state index contributed by atoms with van der Waals surface area (Å²) in [5, 5.41) is 20.2. The minimum absolute atomic E-state index is 0.0832. The van der Waals surface area contributed by atoms with Crippen LogP contribution in [0.25, 0.3) is 0 Å². The van der Waals surface area contributed by atoms with Crippen molar-refractivity contribution in [2.75, 3.05) is 39.3 Å². The Morgan fingerprint density at radius 3 is 2.82 bits per heavy atom. The fraction of sp³-hybridized carbons (Fsp3) is 0.462. The number of rotatable bonds is 4. The van der Waals surface area contributed by atoms with Gasteiger partial charge in [0.2, 0.25) is 0 Å². The molecular weight excluding hydrogens is 437 g/mol. The third kappa shape index (κ3) is 3.99. The van der Waals surface area contributed by atoms with Crippen LogP contribution in [0.1, 0.15) is 55.9 Å². The Balaban J connectivity index is 1.22. The third-order valence-corrected chi connectivity index (χ3v) is 7.49. The predicted octanol–water partition coefficient (Wildman–Crippen LogP) is 2.78. The number of benzene rings is 2. The number of carbonyl (C=O) groups is 1. The van der Waals surface area contributed by atoms with E-state index in [0.717, 1.165) is 41.9 Å². The second-order valence-corrected chi connectivity index (χ2v) is 9.38. The Morgan fingerprint density at radius 2 is 2.03 bits per heavy atom. The maximum atomic E-state index is 13.9. The van der Waals surface area contributed by atoms with E-state index in [9.17, 15) is 19.6 Å². The molecule has 0 aliphatic carbocycles. The lowest BCUT2D eigenvalue weighted by atomic mass is 9.94. The van der Waals surface area contributed by atoms with Crippen LogP contribution >= 0.6 is 0 Å². The van der Waals surface area contributed by atoms with Crippen molar-refractivity contribution in [2.24, 2.45) is 0 Å². The van der Waals surface area contributed by atoms with Gasteiger partial charge >= 0.3 is 5.97 Å². The lowest BCUT2D eigenvalue weighted by molar-refractivity contribution is -0.0939. The number of fused-ring (bicyclic) bond motifs is 2. The summed E-state index contributed by atoms with van der Waals surface area (Å²) in [6, 6.07) is 8.81. The van der Waals surface area contributed by atoms with Gasteiger partial charge in [-0.05, 0) is 48.2 Å². The van der Waals surface area contributed by atoms with Gasteiger partial charge in [0, 0.05) is 44.3 Å². The van der Waals surface area contributed by atoms with E-state index in [0.29, 0.717) is 30.8 Å². The summed E-state index contributed by atoms with van der Waals surface area (Å²) in [4.78, 5) is 16.4. The highest BCUT2D eigenvalue weighted by atomic mass is 19.1. The lowest BCUT2D eigenvalue weighted by Crippen LogP contribution is -2.58. The zero-order chi connectivity index (χ0) is 24.0. The summed E-state index contributed by atoms with van der Waals surface area (Å²) in [6.45, 7) is 8.14. The molecule has 3 aliphatic heterocycles. The standard InChI is InChI=1S/C26H28FN3O4/c1-15-18(3-4-20-22(15)14-34-26(20)32)24(31)11-29-7-8-30-12-25(33-13-17(30)10-29)19-5-6-23(27)21(9-28)16(19)2/h3-6,17,24-25,31H,7-8,10-14H2,1-2H3/t17-,24?,25-/m0/s1. The molecule has 2 aromatic rings. The van der Waals surface area contributed by atoms with Crippen molar-refractivity contribution in [3.63, 3.8) is 0 Å². The van der Waals surface area contributed by atoms with Crippen LogP contribution in [0.4, 0.5) is 4.39 Å². The second kappa shape index (κ2) is 9.08. The average Bonchev–Trinajstić information content (AvgIpc) is 3.21. The van der Waals surface area contributed by atoms with Crippen molar-refractivity contribution >= 4 is 5.97 Å². The number of esters is 1. The second-order valence-electron chi connectivity index (χ2n) is 9.38. The van der Waals surface area contributed by atoms with Gasteiger partial charge in [0.25, 0.3) is 0 Å². The Hall–Kier alpha value is -2.83. The molecule has 3 atom stereocenters. The van der Waals surface area contributed by atoms with E-state index < -0.39 is 11.9 Å². The number of morpholine rings is 1. The number of carbonyl (C=O) groups excluding carboxylic acids is 1. The number of β-amino-alcohol motifs (C(OH)–C–C–N with tert-alkyl or cyclic N) is 1. The van der Waals surface area contributed by atoms with Crippen LogP contribution in [0.15, 0.2) is 24.3 Å². The Kier molecular flexibility index (Phi) is 6.13. The fourth-order valence-corrected chi connectivity index (χ4v) is 5.45. The highest BCUT2D eigenvalue weighted by molar-refractivity contribution is 5.93. The monoisotopic (exact) mass is 465 g/mol. The van der Waals surface area contributed by atoms with Crippen molar-refractivity contribution in [1.82, 2.24) is 9.80 Å². The number of hydrogen-bond acceptors (Lipinski definition) is 7. The van der Waals surface area contributed by atoms with Gasteiger partial charge in [0.1, 0.15) is 18.5 Å². The quantitative estimate of drug-likeness (QED) is 0.695. The van der Waals surface area contributed by atoms with Crippen LogP contribution in [-0.4, -0.2) is 66.2 Å². The molecule has 8 heteroatoms. The smallest absolute Gasteiger partial charge is 0.338 e. The fourth-order valence-electron chi connectivity index (χ4n) is 5.45. The van der Waals surface area contributed by atoms with Crippen LogP contribution in [0.5, 0.6) is 0 Å². The number of cyclic esters (lactones) is 1. The largest absolute Gasteiger partial charge is 0.457 e. The van der Waals surface area contributed by atoms with E-state index in [1.165, 1.54) is 6.07 Å². The molecule has 2 saturated heterocycles. The number of hydrogen-bond donors (Lipinski definition) is 1. The molecule has 0 amide bonds. The summed E-state index contributed by atoms with van der Waals surface area (Å²) in [5.41, 5.74) is 4.81. The first-order chi connectivity index (χ1) is 16.4. The van der Waals surface area contributed by atoms with Crippen LogP contribution in [0.2, 0.25) is 0 Å². The van der Waals surface area contributed by atoms with Crippen LogP contribution in [0, 0.1) is 31.0 Å². The van der Waals surface area contributed by atoms with Crippen molar-refractivity contribution in [3.8, 4) is 6.07 Å². The maximum absolute atomic E-state index is 13.9. The molecule has 0 bridgehead atoms. The van der Waals surface area contributed by atoms with Gasteiger partial charge in [-0.3, -0.25) is 9.80 Å². The van der Waals surface area contributed by atoms with Crippen LogP contribution < -0.4 is 0 Å². The van der Waals surface area contributed by atoms with Crippen molar-refractivity contribution in [3.05, 3.63) is 69.0 Å². The molecule has 0 spiro atoms. The molecule has 178 valence electrons. The van der Waals surface area contributed by atoms with Gasteiger partial charge in [0.05, 0.1) is 29.9 Å². The summed E-state index contributed by atoms with van der Waals surface area (Å²) in [7, 11) is 0. The Labute approximate surface area is 198 Å². The Morgan fingerprint density at radius 1 is 1.21 bits per heavy atom. The number of nitriles is 1. The van der Waals surface area contributed by atoms with Gasteiger partial charge < -0.3 is 14.6 Å². The van der Waals surface area contributed by atoms with Gasteiger partial charge in [-0.25, -0.2) is 9.18 Å². The molecule has 0 saturated carbocycles. The molecule has 0 radical (unpaired) electrons. The summed E-state index contributed by atoms with van der Waals surface area (Å²) in [5.74, 6) is -0.798.